The molecule has 0 radical (unpaired) electrons. The number of methoxy groups -OCH3 is 1. The third-order valence-electron chi connectivity index (χ3n) is 4.35. The van der Waals surface area contributed by atoms with E-state index in [0.29, 0.717) is 5.75 Å². The van der Waals surface area contributed by atoms with E-state index in [0.717, 1.165) is 30.0 Å². The summed E-state index contributed by atoms with van der Waals surface area (Å²) in [6.07, 6.45) is 8.25. The van der Waals surface area contributed by atoms with Crippen molar-refractivity contribution in [3.05, 3.63) is 6.33 Å². The van der Waals surface area contributed by atoms with Crippen molar-refractivity contribution in [1.82, 2.24) is 9.97 Å². The van der Waals surface area contributed by atoms with E-state index in [9.17, 15) is 0 Å². The van der Waals surface area contributed by atoms with E-state index in [4.69, 9.17) is 4.74 Å². The number of rotatable bonds is 6. The lowest BCUT2D eigenvalue weighted by molar-refractivity contribution is 0.278. The van der Waals surface area contributed by atoms with Crippen molar-refractivity contribution in [2.24, 2.45) is 11.8 Å². The zero-order chi connectivity index (χ0) is 14.4. The van der Waals surface area contributed by atoms with Gasteiger partial charge in [0.2, 0.25) is 5.75 Å². The fraction of sp³-hybridized carbons (Fsp3) is 0.733. The van der Waals surface area contributed by atoms with E-state index in [1.54, 1.807) is 13.4 Å². The molecule has 20 heavy (non-hydrogen) atoms. The minimum Gasteiger partial charge on any atom is -0.490 e. The molecule has 0 saturated heterocycles. The van der Waals surface area contributed by atoms with Crippen LogP contribution in [0.15, 0.2) is 6.33 Å². The molecule has 0 atom stereocenters. The molecule has 0 aromatic carbocycles. The molecule has 1 aromatic rings. The van der Waals surface area contributed by atoms with Crippen LogP contribution in [0, 0.1) is 11.8 Å². The van der Waals surface area contributed by atoms with Crippen LogP contribution < -0.4 is 15.4 Å². The Morgan fingerprint density at radius 1 is 1.15 bits per heavy atom. The summed E-state index contributed by atoms with van der Waals surface area (Å²) in [5.74, 6) is 3.88. The fourth-order valence-corrected chi connectivity index (χ4v) is 2.96. The van der Waals surface area contributed by atoms with Gasteiger partial charge in [-0.3, -0.25) is 0 Å². The molecule has 0 spiro atoms. The van der Waals surface area contributed by atoms with Crippen molar-refractivity contribution in [2.75, 3.05) is 31.3 Å². The Balaban J connectivity index is 1.91. The summed E-state index contributed by atoms with van der Waals surface area (Å²) in [7, 11) is 3.48. The highest BCUT2D eigenvalue weighted by atomic mass is 16.5. The maximum absolute atomic E-state index is 5.39. The second-order valence-electron chi connectivity index (χ2n) is 5.53. The summed E-state index contributed by atoms with van der Waals surface area (Å²) in [5.41, 5.74) is 0. The molecule has 1 aliphatic rings. The minimum atomic E-state index is 0.692. The van der Waals surface area contributed by atoms with Crippen LogP contribution in [0.2, 0.25) is 0 Å². The van der Waals surface area contributed by atoms with Gasteiger partial charge in [0.15, 0.2) is 11.6 Å². The maximum atomic E-state index is 5.39. The van der Waals surface area contributed by atoms with Gasteiger partial charge in [0.25, 0.3) is 0 Å². The van der Waals surface area contributed by atoms with Crippen molar-refractivity contribution < 1.29 is 4.74 Å². The molecule has 5 heteroatoms. The molecule has 112 valence electrons. The largest absolute Gasteiger partial charge is 0.490 e. The average molecular weight is 278 g/mol. The van der Waals surface area contributed by atoms with Crippen LogP contribution in [0.4, 0.5) is 11.6 Å². The monoisotopic (exact) mass is 278 g/mol. The Kier molecular flexibility index (Phi) is 5.44. The van der Waals surface area contributed by atoms with Crippen molar-refractivity contribution in [3.8, 4) is 5.75 Å². The third kappa shape index (κ3) is 3.52. The first-order valence-corrected chi connectivity index (χ1v) is 7.59. The highest BCUT2D eigenvalue weighted by Crippen LogP contribution is 2.32. The van der Waals surface area contributed by atoms with Gasteiger partial charge in [0.1, 0.15) is 6.33 Å². The first kappa shape index (κ1) is 14.9. The number of hydrogen-bond acceptors (Lipinski definition) is 5. The Morgan fingerprint density at radius 3 is 2.40 bits per heavy atom. The maximum Gasteiger partial charge on any atom is 0.204 e. The topological polar surface area (TPSA) is 59.1 Å². The lowest BCUT2D eigenvalue weighted by Crippen LogP contribution is -2.21. The van der Waals surface area contributed by atoms with Gasteiger partial charge in [-0.2, -0.15) is 0 Å². The van der Waals surface area contributed by atoms with E-state index in [2.05, 4.69) is 27.5 Å². The Morgan fingerprint density at radius 2 is 1.80 bits per heavy atom. The highest BCUT2D eigenvalue weighted by Gasteiger charge is 2.20. The van der Waals surface area contributed by atoms with E-state index < -0.39 is 0 Å². The fourth-order valence-electron chi connectivity index (χ4n) is 2.96. The van der Waals surface area contributed by atoms with Crippen molar-refractivity contribution in [3.63, 3.8) is 0 Å². The van der Waals surface area contributed by atoms with Crippen molar-refractivity contribution in [1.29, 1.82) is 0 Å². The van der Waals surface area contributed by atoms with Gasteiger partial charge in [-0.1, -0.05) is 26.2 Å². The van der Waals surface area contributed by atoms with E-state index in [1.165, 1.54) is 32.1 Å². The lowest BCUT2D eigenvalue weighted by Gasteiger charge is -2.28. The molecule has 5 nitrogen and oxygen atoms in total. The molecule has 1 aliphatic carbocycles. The second kappa shape index (κ2) is 7.31. The van der Waals surface area contributed by atoms with E-state index >= 15 is 0 Å². The van der Waals surface area contributed by atoms with Crippen LogP contribution in [-0.2, 0) is 0 Å². The quantitative estimate of drug-likeness (QED) is 0.837. The number of anilines is 2. The number of nitrogens with one attached hydrogen (secondary N) is 2. The molecule has 2 rings (SSSR count). The number of nitrogens with zero attached hydrogens (tertiary/aromatic N) is 2. The van der Waals surface area contributed by atoms with Crippen LogP contribution in [0.25, 0.3) is 0 Å². The summed E-state index contributed by atoms with van der Waals surface area (Å²) in [4.78, 5) is 8.44. The zero-order valence-corrected chi connectivity index (χ0v) is 12.8. The first-order valence-electron chi connectivity index (χ1n) is 7.59. The SMILES string of the molecule is CCC1CCC(CNc2ncnc(NC)c2OC)CC1. The Hall–Kier alpha value is -1.52. The van der Waals surface area contributed by atoms with E-state index in [-0.39, 0.29) is 0 Å². The van der Waals surface area contributed by atoms with Gasteiger partial charge < -0.3 is 15.4 Å². The Bertz CT molecular complexity index is 416. The first-order chi connectivity index (χ1) is 9.78. The molecule has 2 N–H and O–H groups in total. The molecular weight excluding hydrogens is 252 g/mol. The van der Waals surface area contributed by atoms with Gasteiger partial charge in [0, 0.05) is 13.6 Å². The zero-order valence-electron chi connectivity index (χ0n) is 12.8. The Labute approximate surface area is 121 Å². The predicted molar refractivity (Wildman–Crippen MR) is 82.4 cm³/mol. The number of ether oxygens (including phenoxy) is 1. The summed E-state index contributed by atoms with van der Waals surface area (Å²) in [6.45, 7) is 3.27. The predicted octanol–water partition coefficient (Wildman–Crippen LogP) is 3.16. The number of aromatic nitrogens is 2. The van der Waals surface area contributed by atoms with Crippen molar-refractivity contribution in [2.45, 2.75) is 39.0 Å². The van der Waals surface area contributed by atoms with Crippen LogP contribution in [0.5, 0.6) is 5.75 Å². The summed E-state index contributed by atoms with van der Waals surface area (Å²) in [5, 5.41) is 6.45. The van der Waals surface area contributed by atoms with Crippen LogP contribution in [0.3, 0.4) is 0 Å². The smallest absolute Gasteiger partial charge is 0.204 e. The lowest BCUT2D eigenvalue weighted by atomic mass is 9.81. The molecule has 0 unspecified atom stereocenters. The van der Waals surface area contributed by atoms with Gasteiger partial charge in [-0.15, -0.1) is 0 Å². The standard InChI is InChI=1S/C15H26N4O/c1-4-11-5-7-12(8-6-11)9-17-15-13(20-3)14(16-2)18-10-19-15/h10-12H,4-9H2,1-3H3,(H2,16,17,18,19). The van der Waals surface area contributed by atoms with Crippen LogP contribution in [0.1, 0.15) is 39.0 Å². The summed E-state index contributed by atoms with van der Waals surface area (Å²) in [6, 6.07) is 0. The molecule has 0 amide bonds. The normalized spacial score (nSPS) is 22.4. The average Bonchev–Trinajstić information content (AvgIpc) is 2.52. The number of hydrogen-bond donors (Lipinski definition) is 2. The van der Waals surface area contributed by atoms with Gasteiger partial charge >= 0.3 is 0 Å². The van der Waals surface area contributed by atoms with E-state index in [1.807, 2.05) is 7.05 Å². The van der Waals surface area contributed by atoms with Gasteiger partial charge in [-0.05, 0) is 24.7 Å². The molecule has 1 aromatic heterocycles. The molecule has 1 saturated carbocycles. The molecule has 0 aliphatic heterocycles. The summed E-state index contributed by atoms with van der Waals surface area (Å²) < 4.78 is 5.39. The second-order valence-corrected chi connectivity index (χ2v) is 5.53. The molecule has 1 heterocycles. The van der Waals surface area contributed by atoms with Crippen LogP contribution >= 0.6 is 0 Å². The van der Waals surface area contributed by atoms with Gasteiger partial charge in [0.05, 0.1) is 7.11 Å². The third-order valence-corrected chi connectivity index (χ3v) is 4.35. The van der Waals surface area contributed by atoms with Gasteiger partial charge in [-0.25, -0.2) is 9.97 Å². The molecule has 1 fully saturated rings. The van der Waals surface area contributed by atoms with Crippen LogP contribution in [-0.4, -0.2) is 30.7 Å². The molecular formula is C15H26N4O. The highest BCUT2D eigenvalue weighted by molar-refractivity contribution is 5.63. The summed E-state index contributed by atoms with van der Waals surface area (Å²) >= 11 is 0. The molecule has 0 bridgehead atoms. The minimum absolute atomic E-state index is 0.692. The van der Waals surface area contributed by atoms with Crippen molar-refractivity contribution >= 4 is 11.6 Å².